The molecule has 1 aromatic rings. The molecule has 0 bridgehead atoms. The van der Waals surface area contributed by atoms with E-state index in [4.69, 9.17) is 9.98 Å². The second kappa shape index (κ2) is 16.8. The minimum atomic E-state index is -0.485. The smallest absolute Gasteiger partial charge is 0.298 e. The van der Waals surface area contributed by atoms with Crippen LogP contribution in [0.15, 0.2) is 105 Å². The number of likely N-dealkylation sites (N-methyl/N-ethyl adjacent to an activating group) is 1. The third kappa shape index (κ3) is 9.74. The summed E-state index contributed by atoms with van der Waals surface area (Å²) in [5, 5.41) is 2.85. The first-order chi connectivity index (χ1) is 20.5. The van der Waals surface area contributed by atoms with Gasteiger partial charge >= 0.3 is 6.03 Å². The number of hydrogen-bond donors (Lipinski definition) is 1. The van der Waals surface area contributed by atoms with Gasteiger partial charge in [0.15, 0.2) is 0 Å². The van der Waals surface area contributed by atoms with Crippen molar-refractivity contribution in [2.24, 2.45) is 9.98 Å². The van der Waals surface area contributed by atoms with E-state index in [-0.39, 0.29) is 18.5 Å². The molecule has 1 aliphatic carbocycles. The lowest BCUT2D eigenvalue weighted by atomic mass is 9.95. The topological polar surface area (TPSA) is 77.4 Å². The van der Waals surface area contributed by atoms with E-state index >= 15 is 0 Å². The first kappa shape index (κ1) is 34.6. The fourth-order valence-electron chi connectivity index (χ4n) is 4.34. The zero-order valence-corrected chi connectivity index (χ0v) is 26.6. The number of halogens is 1. The number of guanidine groups is 1. The molecule has 0 atom stereocenters. The quantitative estimate of drug-likeness (QED) is 0.131. The lowest BCUT2D eigenvalue weighted by molar-refractivity contribution is -0.115. The highest BCUT2D eigenvalue weighted by molar-refractivity contribution is 6.13. The van der Waals surface area contributed by atoms with E-state index in [1.165, 1.54) is 21.9 Å². The van der Waals surface area contributed by atoms with Crippen LogP contribution in [0.25, 0.3) is 6.08 Å². The number of benzene rings is 1. The Morgan fingerprint density at radius 2 is 1.91 bits per heavy atom. The van der Waals surface area contributed by atoms with Crippen LogP contribution >= 0.6 is 0 Å². The average Bonchev–Trinajstić information content (AvgIpc) is 2.98. The molecule has 0 heterocycles. The summed E-state index contributed by atoms with van der Waals surface area (Å²) in [6.07, 6.45) is 16.1. The monoisotopic (exact) mass is 585 g/mol. The first-order valence-electron chi connectivity index (χ1n) is 14.4. The fourth-order valence-corrected chi connectivity index (χ4v) is 4.34. The summed E-state index contributed by atoms with van der Waals surface area (Å²) in [5.41, 5.74) is 5.84. The molecule has 3 amide bonds. The van der Waals surface area contributed by atoms with Crippen LogP contribution in [-0.2, 0) is 11.3 Å². The fraction of sp³-hybridized carbons (Fsp3) is 0.314. The van der Waals surface area contributed by atoms with Gasteiger partial charge in [-0.2, -0.15) is 0 Å². The van der Waals surface area contributed by atoms with E-state index in [0.717, 1.165) is 22.4 Å². The van der Waals surface area contributed by atoms with Gasteiger partial charge in [0, 0.05) is 24.4 Å². The Balaban J connectivity index is 2.64. The molecule has 0 spiro atoms. The van der Waals surface area contributed by atoms with Crippen LogP contribution in [0.2, 0.25) is 0 Å². The second-order valence-electron chi connectivity index (χ2n) is 10.2. The summed E-state index contributed by atoms with van der Waals surface area (Å²) in [6, 6.07) is 4.14. The largest absolute Gasteiger partial charge is 0.328 e. The van der Waals surface area contributed by atoms with Crippen LogP contribution in [0.3, 0.4) is 0 Å². The second-order valence-corrected chi connectivity index (χ2v) is 10.2. The Kier molecular flexibility index (Phi) is 13.5. The van der Waals surface area contributed by atoms with Crippen LogP contribution in [0, 0.1) is 5.82 Å². The van der Waals surface area contributed by atoms with Gasteiger partial charge in [0.25, 0.3) is 0 Å². The van der Waals surface area contributed by atoms with Crippen molar-refractivity contribution in [2.45, 2.75) is 67.5 Å². The minimum Gasteiger partial charge on any atom is -0.298 e. The average molecular weight is 586 g/mol. The number of nitrogens with one attached hydrogen (secondary N) is 1. The van der Waals surface area contributed by atoms with Crippen LogP contribution in [0.1, 0.15) is 66.0 Å². The molecule has 43 heavy (non-hydrogen) atoms. The Hall–Kier alpha value is -4.59. The molecule has 0 fully saturated rings. The zero-order valence-electron chi connectivity index (χ0n) is 26.6. The van der Waals surface area contributed by atoms with Crippen molar-refractivity contribution >= 4 is 30.2 Å². The Morgan fingerprint density at radius 3 is 2.47 bits per heavy atom. The number of carbonyl (C=O) groups excluding carboxylic acids is 2. The normalized spacial score (nSPS) is 16.5. The van der Waals surface area contributed by atoms with Crippen molar-refractivity contribution in [1.29, 1.82) is 0 Å². The lowest BCUT2D eigenvalue weighted by Gasteiger charge is -2.25. The van der Waals surface area contributed by atoms with Gasteiger partial charge in [-0.1, -0.05) is 49.9 Å². The molecule has 1 N–H and O–H groups in total. The SMILES string of the molecule is C=Cc1cc(CN(C=O)C(=NC2=C/C(=C/C)C(=NC(C)C)C=C2CC)NC(=O)N(C)C(/C=C(C)\C=C/C)=C/C)ccc1F. The molecule has 7 nitrogen and oxygen atoms in total. The molecular weight excluding hydrogens is 541 g/mol. The van der Waals surface area contributed by atoms with Gasteiger partial charge in [-0.25, -0.2) is 14.2 Å². The highest BCUT2D eigenvalue weighted by atomic mass is 19.1. The Labute approximate surface area is 256 Å². The molecule has 1 aromatic carbocycles. The van der Waals surface area contributed by atoms with Crippen molar-refractivity contribution in [2.75, 3.05) is 7.05 Å². The third-order valence-corrected chi connectivity index (χ3v) is 6.59. The maximum Gasteiger partial charge on any atom is 0.328 e. The zero-order chi connectivity index (χ0) is 32.1. The van der Waals surface area contributed by atoms with E-state index in [2.05, 4.69) is 11.9 Å². The molecule has 8 heteroatoms. The van der Waals surface area contributed by atoms with Gasteiger partial charge in [-0.05, 0) is 101 Å². The van der Waals surface area contributed by atoms with E-state index in [1.54, 1.807) is 19.2 Å². The number of allylic oxidation sites excluding steroid dienone is 10. The molecule has 228 valence electrons. The number of amides is 3. The van der Waals surface area contributed by atoms with Crippen molar-refractivity contribution in [3.63, 3.8) is 0 Å². The van der Waals surface area contributed by atoms with Gasteiger partial charge in [-0.15, -0.1) is 0 Å². The molecule has 0 saturated carbocycles. The number of nitrogens with zero attached hydrogens (tertiary/aromatic N) is 4. The van der Waals surface area contributed by atoms with Crippen molar-refractivity contribution in [1.82, 2.24) is 15.1 Å². The lowest BCUT2D eigenvalue weighted by Crippen LogP contribution is -2.47. The highest BCUT2D eigenvalue weighted by Crippen LogP contribution is 2.26. The molecule has 2 rings (SSSR count). The summed E-state index contributed by atoms with van der Waals surface area (Å²) >= 11 is 0. The maximum atomic E-state index is 14.1. The summed E-state index contributed by atoms with van der Waals surface area (Å²) < 4.78 is 14.1. The van der Waals surface area contributed by atoms with Gasteiger partial charge in [0.05, 0.1) is 18.0 Å². The predicted molar refractivity (Wildman–Crippen MR) is 177 cm³/mol. The molecule has 0 aromatic heterocycles. The Bertz CT molecular complexity index is 1450. The summed E-state index contributed by atoms with van der Waals surface area (Å²) in [4.78, 5) is 38.4. The molecule has 0 aliphatic heterocycles. The van der Waals surface area contributed by atoms with Crippen LogP contribution in [0.4, 0.5) is 9.18 Å². The van der Waals surface area contributed by atoms with Crippen LogP contribution in [-0.4, -0.2) is 47.0 Å². The highest BCUT2D eigenvalue weighted by Gasteiger charge is 2.22. The minimum absolute atomic E-state index is 0.0336. The van der Waals surface area contributed by atoms with Crippen molar-refractivity contribution < 1.29 is 14.0 Å². The number of aliphatic imine (C=N–C) groups is 2. The summed E-state index contributed by atoms with van der Waals surface area (Å²) in [5.74, 6) is -0.380. The molecular formula is C35H44FN5O2. The number of rotatable bonds is 10. The van der Waals surface area contributed by atoms with E-state index in [0.29, 0.717) is 35.4 Å². The number of carbonyl (C=O) groups is 2. The standard InChI is InChI=1S/C35H44FN5O2/c1-10-15-25(8)18-30(14-5)40(9)35(43)39-34(41(23-42)22-26-16-17-31(36)27(11-2)19-26)38-33-21-28(12-3)32(37-24(6)7)20-29(33)13-4/h10-12,14-21,23-24H,2,13,22H2,1,3-9H3,(H,38,39,43)/b15-10-,25-18-,28-12-,30-14+,37-32?. The number of urea groups is 1. The summed E-state index contributed by atoms with van der Waals surface area (Å²) in [6.45, 7) is 17.4. The van der Waals surface area contributed by atoms with Crippen molar-refractivity contribution in [3.8, 4) is 0 Å². The molecule has 0 radical (unpaired) electrons. The van der Waals surface area contributed by atoms with Gasteiger partial charge in [-0.3, -0.25) is 24.9 Å². The molecule has 1 aliphatic rings. The van der Waals surface area contributed by atoms with E-state index < -0.39 is 11.8 Å². The third-order valence-electron chi connectivity index (χ3n) is 6.59. The van der Waals surface area contributed by atoms with Crippen LogP contribution < -0.4 is 5.32 Å². The Morgan fingerprint density at radius 1 is 1.19 bits per heavy atom. The van der Waals surface area contributed by atoms with Crippen LogP contribution in [0.5, 0.6) is 0 Å². The summed E-state index contributed by atoms with van der Waals surface area (Å²) in [7, 11) is 1.65. The predicted octanol–water partition coefficient (Wildman–Crippen LogP) is 7.88. The van der Waals surface area contributed by atoms with Crippen molar-refractivity contribution in [3.05, 3.63) is 112 Å². The molecule has 0 unspecified atom stereocenters. The van der Waals surface area contributed by atoms with Gasteiger partial charge in [0.1, 0.15) is 5.82 Å². The van der Waals surface area contributed by atoms with E-state index in [1.807, 2.05) is 91.0 Å². The number of hydrogen-bond acceptors (Lipinski definition) is 4. The van der Waals surface area contributed by atoms with Gasteiger partial charge in [0.2, 0.25) is 12.4 Å². The van der Waals surface area contributed by atoms with E-state index in [9.17, 15) is 14.0 Å². The van der Waals surface area contributed by atoms with Gasteiger partial charge < -0.3 is 0 Å². The maximum absolute atomic E-state index is 14.1. The molecule has 0 saturated heterocycles. The first-order valence-corrected chi connectivity index (χ1v) is 14.4.